The van der Waals surface area contributed by atoms with Gasteiger partial charge in [-0.1, -0.05) is 12.1 Å². The summed E-state index contributed by atoms with van der Waals surface area (Å²) >= 11 is 0. The van der Waals surface area contributed by atoms with Gasteiger partial charge >= 0.3 is 0 Å². The van der Waals surface area contributed by atoms with Gasteiger partial charge in [0.1, 0.15) is 0 Å². The van der Waals surface area contributed by atoms with Crippen LogP contribution in [0, 0.1) is 0 Å². The lowest BCUT2D eigenvalue weighted by molar-refractivity contribution is -0.114. The van der Waals surface area contributed by atoms with Crippen LogP contribution in [0.1, 0.15) is 25.5 Å². The molecule has 0 saturated carbocycles. The van der Waals surface area contributed by atoms with Crippen LogP contribution in [-0.4, -0.2) is 19.0 Å². The molecule has 1 atom stereocenters. The normalized spacial score (nSPS) is 12.2. The third-order valence-electron chi connectivity index (χ3n) is 2.33. The second-order valence-electron chi connectivity index (χ2n) is 3.77. The first-order valence-corrected chi connectivity index (χ1v) is 5.44. The van der Waals surface area contributed by atoms with Gasteiger partial charge in [-0.2, -0.15) is 0 Å². The molecule has 0 radical (unpaired) electrons. The lowest BCUT2D eigenvalue weighted by Gasteiger charge is -2.14. The van der Waals surface area contributed by atoms with Gasteiger partial charge in [-0.15, -0.1) is 0 Å². The van der Waals surface area contributed by atoms with Gasteiger partial charge in [0, 0.05) is 31.7 Å². The van der Waals surface area contributed by atoms with Crippen LogP contribution in [0.5, 0.6) is 0 Å². The van der Waals surface area contributed by atoms with Crippen molar-refractivity contribution in [2.75, 3.05) is 18.4 Å². The van der Waals surface area contributed by atoms with Gasteiger partial charge in [0.15, 0.2) is 0 Å². The zero-order valence-corrected chi connectivity index (χ0v) is 9.79. The Morgan fingerprint density at radius 3 is 2.50 bits per heavy atom. The number of hydrogen-bond acceptors (Lipinski definition) is 3. The van der Waals surface area contributed by atoms with Crippen molar-refractivity contribution in [3.05, 3.63) is 29.8 Å². The monoisotopic (exact) mass is 221 g/mol. The summed E-state index contributed by atoms with van der Waals surface area (Å²) in [6.07, 6.45) is 0. The molecule has 1 aromatic rings. The van der Waals surface area contributed by atoms with E-state index >= 15 is 0 Å². The molecule has 4 heteroatoms. The van der Waals surface area contributed by atoms with Crippen molar-refractivity contribution >= 4 is 11.6 Å². The van der Waals surface area contributed by atoms with E-state index in [-0.39, 0.29) is 11.9 Å². The van der Waals surface area contributed by atoms with Crippen molar-refractivity contribution in [3.63, 3.8) is 0 Å². The molecule has 16 heavy (non-hydrogen) atoms. The highest BCUT2D eigenvalue weighted by Crippen LogP contribution is 2.15. The van der Waals surface area contributed by atoms with Gasteiger partial charge in [0.25, 0.3) is 0 Å². The van der Waals surface area contributed by atoms with Crippen molar-refractivity contribution in [2.45, 2.75) is 19.9 Å². The van der Waals surface area contributed by atoms with Crippen LogP contribution < -0.4 is 16.4 Å². The number of anilines is 1. The van der Waals surface area contributed by atoms with Crippen molar-refractivity contribution in [1.29, 1.82) is 0 Å². The van der Waals surface area contributed by atoms with Gasteiger partial charge in [-0.25, -0.2) is 0 Å². The number of nitrogens with two attached hydrogens (primary N) is 1. The second kappa shape index (κ2) is 6.25. The standard InChI is InChI=1S/C12H19N3O/c1-9(14-8-7-13)11-3-5-12(6-4-11)15-10(2)16/h3-6,9,14H,7-8,13H2,1-2H3,(H,15,16). The predicted molar refractivity (Wildman–Crippen MR) is 66.2 cm³/mol. The molecule has 1 amide bonds. The molecular weight excluding hydrogens is 202 g/mol. The Morgan fingerprint density at radius 1 is 1.38 bits per heavy atom. The molecule has 0 aliphatic heterocycles. The van der Waals surface area contributed by atoms with Gasteiger partial charge in [0.05, 0.1) is 0 Å². The predicted octanol–water partition coefficient (Wildman–Crippen LogP) is 1.25. The Kier molecular flexibility index (Phi) is 4.95. The number of nitrogens with one attached hydrogen (secondary N) is 2. The maximum atomic E-state index is 10.8. The van der Waals surface area contributed by atoms with E-state index in [2.05, 4.69) is 17.6 Å². The van der Waals surface area contributed by atoms with E-state index in [0.717, 1.165) is 12.2 Å². The number of carbonyl (C=O) groups excluding carboxylic acids is 1. The van der Waals surface area contributed by atoms with Crippen LogP contribution in [0.15, 0.2) is 24.3 Å². The third-order valence-corrected chi connectivity index (χ3v) is 2.33. The zero-order valence-electron chi connectivity index (χ0n) is 9.79. The lowest BCUT2D eigenvalue weighted by atomic mass is 10.1. The minimum Gasteiger partial charge on any atom is -0.329 e. The maximum absolute atomic E-state index is 10.8. The average molecular weight is 221 g/mol. The number of benzene rings is 1. The topological polar surface area (TPSA) is 67.2 Å². The number of carbonyl (C=O) groups is 1. The average Bonchev–Trinajstić information content (AvgIpc) is 2.26. The van der Waals surface area contributed by atoms with E-state index in [1.54, 1.807) is 0 Å². The summed E-state index contributed by atoms with van der Waals surface area (Å²) in [7, 11) is 0. The summed E-state index contributed by atoms with van der Waals surface area (Å²) in [6.45, 7) is 5.02. The number of hydrogen-bond donors (Lipinski definition) is 3. The van der Waals surface area contributed by atoms with Crippen molar-refractivity contribution in [3.8, 4) is 0 Å². The first-order chi connectivity index (χ1) is 7.63. The highest BCUT2D eigenvalue weighted by molar-refractivity contribution is 5.88. The Labute approximate surface area is 96.2 Å². The molecule has 1 aromatic carbocycles. The van der Waals surface area contributed by atoms with Crippen LogP contribution in [-0.2, 0) is 4.79 Å². The fourth-order valence-corrected chi connectivity index (χ4v) is 1.48. The van der Waals surface area contributed by atoms with Crippen LogP contribution >= 0.6 is 0 Å². The lowest BCUT2D eigenvalue weighted by Crippen LogP contribution is -2.25. The zero-order chi connectivity index (χ0) is 12.0. The fourth-order valence-electron chi connectivity index (χ4n) is 1.48. The molecule has 0 bridgehead atoms. The van der Waals surface area contributed by atoms with E-state index in [0.29, 0.717) is 6.54 Å². The van der Waals surface area contributed by atoms with E-state index < -0.39 is 0 Å². The van der Waals surface area contributed by atoms with E-state index in [4.69, 9.17) is 5.73 Å². The van der Waals surface area contributed by atoms with Gasteiger partial charge < -0.3 is 16.4 Å². The Bertz CT molecular complexity index is 335. The minimum absolute atomic E-state index is 0.0537. The molecule has 0 aromatic heterocycles. The second-order valence-corrected chi connectivity index (χ2v) is 3.77. The maximum Gasteiger partial charge on any atom is 0.221 e. The van der Waals surface area contributed by atoms with Crippen LogP contribution in [0.4, 0.5) is 5.69 Å². The summed E-state index contributed by atoms with van der Waals surface area (Å²) in [5.41, 5.74) is 7.43. The summed E-state index contributed by atoms with van der Waals surface area (Å²) in [5, 5.41) is 6.03. The number of amides is 1. The summed E-state index contributed by atoms with van der Waals surface area (Å²) in [5.74, 6) is -0.0537. The molecule has 0 heterocycles. The smallest absolute Gasteiger partial charge is 0.221 e. The van der Waals surface area contributed by atoms with Crippen molar-refractivity contribution < 1.29 is 4.79 Å². The third kappa shape index (κ3) is 4.00. The molecular formula is C12H19N3O. The quantitative estimate of drug-likeness (QED) is 0.701. The molecule has 4 nitrogen and oxygen atoms in total. The molecule has 1 unspecified atom stereocenters. The summed E-state index contributed by atoms with van der Waals surface area (Å²) < 4.78 is 0. The Balaban J connectivity index is 2.59. The molecule has 0 fully saturated rings. The van der Waals surface area contributed by atoms with Crippen molar-refractivity contribution in [1.82, 2.24) is 5.32 Å². The Hall–Kier alpha value is -1.39. The largest absolute Gasteiger partial charge is 0.329 e. The fraction of sp³-hybridized carbons (Fsp3) is 0.417. The molecule has 0 spiro atoms. The first kappa shape index (κ1) is 12.7. The summed E-state index contributed by atoms with van der Waals surface area (Å²) in [4.78, 5) is 10.8. The van der Waals surface area contributed by atoms with Crippen molar-refractivity contribution in [2.24, 2.45) is 5.73 Å². The SMILES string of the molecule is CC(=O)Nc1ccc(C(C)NCCN)cc1. The molecule has 0 saturated heterocycles. The molecule has 88 valence electrons. The van der Waals surface area contributed by atoms with E-state index in [9.17, 15) is 4.79 Å². The van der Waals surface area contributed by atoms with Gasteiger partial charge in [-0.3, -0.25) is 4.79 Å². The van der Waals surface area contributed by atoms with Gasteiger partial charge in [0.2, 0.25) is 5.91 Å². The van der Waals surface area contributed by atoms with Crippen LogP contribution in [0.25, 0.3) is 0 Å². The molecule has 0 aliphatic carbocycles. The summed E-state index contributed by atoms with van der Waals surface area (Å²) in [6, 6.07) is 8.07. The van der Waals surface area contributed by atoms with Gasteiger partial charge in [-0.05, 0) is 24.6 Å². The minimum atomic E-state index is -0.0537. The first-order valence-electron chi connectivity index (χ1n) is 5.44. The highest BCUT2D eigenvalue weighted by atomic mass is 16.1. The van der Waals surface area contributed by atoms with E-state index in [1.807, 2.05) is 24.3 Å². The Morgan fingerprint density at radius 2 is 2.00 bits per heavy atom. The highest BCUT2D eigenvalue weighted by Gasteiger charge is 2.03. The van der Waals surface area contributed by atoms with Crippen LogP contribution in [0.3, 0.4) is 0 Å². The molecule has 0 aliphatic rings. The number of rotatable bonds is 5. The molecule has 1 rings (SSSR count). The molecule has 4 N–H and O–H groups in total. The van der Waals surface area contributed by atoms with E-state index in [1.165, 1.54) is 12.5 Å². The van der Waals surface area contributed by atoms with Crippen LogP contribution in [0.2, 0.25) is 0 Å².